The second-order valence-electron chi connectivity index (χ2n) is 8.54. The fraction of sp³-hybridized carbons (Fsp3) is 0.435. The second-order valence-corrected chi connectivity index (χ2v) is 9.40. The highest BCUT2D eigenvalue weighted by atomic mass is 79.9. The van der Waals surface area contributed by atoms with Crippen molar-refractivity contribution in [3.63, 3.8) is 0 Å². The number of aliphatic imine (C=N–C) groups is 1. The molecule has 5 aliphatic rings. The molecule has 7 rings (SSSR count). The SMILES string of the molecule is CC(C)(C)[C@H]1COC(c2cc3ccc2CCc2ccc(c(Br)c2)CC3)=N1. The molecule has 2 nitrogen and oxygen atoms in total. The van der Waals surface area contributed by atoms with Crippen LogP contribution < -0.4 is 0 Å². The van der Waals surface area contributed by atoms with Crippen molar-refractivity contribution in [2.24, 2.45) is 10.4 Å². The van der Waals surface area contributed by atoms with E-state index in [-0.39, 0.29) is 11.5 Å². The summed E-state index contributed by atoms with van der Waals surface area (Å²) in [5.74, 6) is 0.842. The Kier molecular flexibility index (Phi) is 4.68. The van der Waals surface area contributed by atoms with Crippen molar-refractivity contribution in [2.45, 2.75) is 52.5 Å². The Bertz CT molecular complexity index is 863. The minimum absolute atomic E-state index is 0.133. The minimum Gasteiger partial charge on any atom is -0.475 e. The van der Waals surface area contributed by atoms with Crippen LogP contribution in [0.15, 0.2) is 45.9 Å². The maximum Gasteiger partial charge on any atom is 0.216 e. The number of rotatable bonds is 1. The molecule has 0 saturated carbocycles. The molecule has 1 aliphatic heterocycles. The van der Waals surface area contributed by atoms with E-state index in [9.17, 15) is 0 Å². The van der Waals surface area contributed by atoms with Gasteiger partial charge in [0, 0.05) is 10.0 Å². The summed E-state index contributed by atoms with van der Waals surface area (Å²) >= 11 is 3.74. The van der Waals surface area contributed by atoms with Crippen LogP contribution in [0.5, 0.6) is 0 Å². The van der Waals surface area contributed by atoms with Gasteiger partial charge >= 0.3 is 0 Å². The Morgan fingerprint density at radius 1 is 0.923 bits per heavy atom. The lowest BCUT2D eigenvalue weighted by atomic mass is 9.88. The van der Waals surface area contributed by atoms with Gasteiger partial charge in [-0.05, 0) is 65.5 Å². The summed E-state index contributed by atoms with van der Waals surface area (Å²) in [6.45, 7) is 7.39. The van der Waals surface area contributed by atoms with Crippen LogP contribution in [0, 0.1) is 5.41 Å². The van der Waals surface area contributed by atoms with Crippen LogP contribution in [0.1, 0.15) is 48.6 Å². The average Bonchev–Trinajstić information content (AvgIpc) is 3.08. The fourth-order valence-electron chi connectivity index (χ4n) is 3.67. The van der Waals surface area contributed by atoms with Gasteiger partial charge in [-0.15, -0.1) is 0 Å². The van der Waals surface area contributed by atoms with E-state index in [0.717, 1.165) is 31.6 Å². The third-order valence-corrected chi connectivity index (χ3v) is 6.28. The largest absolute Gasteiger partial charge is 0.475 e. The van der Waals surface area contributed by atoms with Gasteiger partial charge in [-0.25, -0.2) is 4.99 Å². The smallest absolute Gasteiger partial charge is 0.216 e. The quantitative estimate of drug-likeness (QED) is 0.604. The van der Waals surface area contributed by atoms with Gasteiger partial charge in [-0.3, -0.25) is 0 Å². The van der Waals surface area contributed by atoms with Gasteiger partial charge in [0.2, 0.25) is 5.90 Å². The van der Waals surface area contributed by atoms with E-state index in [1.807, 2.05) is 0 Å². The zero-order valence-electron chi connectivity index (χ0n) is 15.8. The van der Waals surface area contributed by atoms with Crippen LogP contribution in [-0.2, 0) is 30.4 Å². The van der Waals surface area contributed by atoms with Crippen molar-refractivity contribution in [3.05, 3.63) is 68.7 Å². The summed E-state index contributed by atoms with van der Waals surface area (Å²) in [5.41, 5.74) is 6.77. The Morgan fingerprint density at radius 2 is 1.58 bits per heavy atom. The van der Waals surface area contributed by atoms with Crippen LogP contribution >= 0.6 is 15.9 Å². The molecular formula is C23H26BrNO. The number of ether oxygens (including phenoxy) is 1. The standard InChI is InChI=1S/C23H26BrNO/c1-23(2,3)21-14-26-22(25-21)19-12-15-4-8-17(19)9-5-16-7-11-18(10-6-15)20(24)13-16/h4,7-8,11-13,21H,5-6,9-10,14H2,1-3H3/t21-/m1/s1. The van der Waals surface area contributed by atoms with Crippen molar-refractivity contribution in [1.29, 1.82) is 0 Å². The molecule has 2 aromatic carbocycles. The van der Waals surface area contributed by atoms with Crippen LogP contribution in [0.4, 0.5) is 0 Å². The summed E-state index contributed by atoms with van der Waals surface area (Å²) in [6, 6.07) is 13.9. The minimum atomic E-state index is 0.133. The fourth-order valence-corrected chi connectivity index (χ4v) is 4.29. The van der Waals surface area contributed by atoms with Crippen LogP contribution in [0.25, 0.3) is 0 Å². The molecular weight excluding hydrogens is 386 g/mol. The number of hydrogen-bond donors (Lipinski definition) is 0. The normalized spacial score (nSPS) is 19.7. The van der Waals surface area contributed by atoms with Crippen molar-refractivity contribution < 1.29 is 4.74 Å². The summed E-state index contributed by atoms with van der Waals surface area (Å²) in [5, 5.41) is 0. The van der Waals surface area contributed by atoms with Crippen molar-refractivity contribution in [2.75, 3.05) is 6.61 Å². The number of hydrogen-bond acceptors (Lipinski definition) is 2. The maximum absolute atomic E-state index is 6.06. The van der Waals surface area contributed by atoms with E-state index < -0.39 is 0 Å². The molecule has 1 heterocycles. The van der Waals surface area contributed by atoms with Crippen molar-refractivity contribution in [1.82, 2.24) is 0 Å². The molecule has 136 valence electrons. The molecule has 0 spiro atoms. The summed E-state index contributed by atoms with van der Waals surface area (Å²) in [7, 11) is 0. The molecule has 0 saturated heterocycles. The lowest BCUT2D eigenvalue weighted by molar-refractivity contribution is 0.236. The summed E-state index contributed by atoms with van der Waals surface area (Å²) < 4.78 is 7.29. The van der Waals surface area contributed by atoms with Gasteiger partial charge in [-0.1, -0.05) is 61.0 Å². The Balaban J connectivity index is 1.71. The van der Waals surface area contributed by atoms with Crippen LogP contribution in [0.2, 0.25) is 0 Å². The summed E-state index contributed by atoms with van der Waals surface area (Å²) in [4.78, 5) is 4.94. The van der Waals surface area contributed by atoms with Gasteiger partial charge in [0.25, 0.3) is 0 Å². The monoisotopic (exact) mass is 411 g/mol. The van der Waals surface area contributed by atoms with Gasteiger partial charge in [-0.2, -0.15) is 0 Å². The lowest BCUT2D eigenvalue weighted by Crippen LogP contribution is -2.25. The van der Waals surface area contributed by atoms with E-state index >= 15 is 0 Å². The highest BCUT2D eigenvalue weighted by Crippen LogP contribution is 2.30. The first-order valence-electron chi connectivity index (χ1n) is 9.50. The average molecular weight is 412 g/mol. The predicted octanol–water partition coefficient (Wildman–Crippen LogP) is 5.52. The molecule has 0 aromatic heterocycles. The highest BCUT2D eigenvalue weighted by Gasteiger charge is 2.31. The van der Waals surface area contributed by atoms with Gasteiger partial charge in [0.05, 0.1) is 6.04 Å². The number of aryl methyl sites for hydroxylation is 4. The topological polar surface area (TPSA) is 21.6 Å². The molecule has 3 heteroatoms. The van der Waals surface area contributed by atoms with Crippen LogP contribution in [0.3, 0.4) is 0 Å². The van der Waals surface area contributed by atoms with Gasteiger partial charge in [0.15, 0.2) is 0 Å². The first-order chi connectivity index (χ1) is 12.4. The number of halogens is 1. The summed E-state index contributed by atoms with van der Waals surface area (Å²) in [6.07, 6.45) is 4.10. The molecule has 4 bridgehead atoms. The molecule has 0 unspecified atom stereocenters. The van der Waals surface area contributed by atoms with E-state index in [1.165, 1.54) is 32.3 Å². The van der Waals surface area contributed by atoms with Gasteiger partial charge < -0.3 is 4.74 Å². The van der Waals surface area contributed by atoms with Crippen LogP contribution in [-0.4, -0.2) is 18.5 Å². The third kappa shape index (κ3) is 3.59. The Labute approximate surface area is 164 Å². The van der Waals surface area contributed by atoms with E-state index in [1.54, 1.807) is 0 Å². The van der Waals surface area contributed by atoms with E-state index in [0.29, 0.717) is 6.61 Å². The molecule has 26 heavy (non-hydrogen) atoms. The maximum atomic E-state index is 6.06. The first-order valence-corrected chi connectivity index (χ1v) is 10.3. The molecule has 2 aromatic rings. The second kappa shape index (κ2) is 6.84. The molecule has 4 aliphatic carbocycles. The Hall–Kier alpha value is -1.61. The van der Waals surface area contributed by atoms with E-state index in [2.05, 4.69) is 73.1 Å². The number of nitrogens with zero attached hydrogens (tertiary/aromatic N) is 1. The van der Waals surface area contributed by atoms with Gasteiger partial charge in [0.1, 0.15) is 6.61 Å². The molecule has 1 atom stereocenters. The molecule has 0 fully saturated rings. The highest BCUT2D eigenvalue weighted by molar-refractivity contribution is 9.10. The first kappa shape index (κ1) is 17.8. The predicted molar refractivity (Wildman–Crippen MR) is 111 cm³/mol. The van der Waals surface area contributed by atoms with E-state index in [4.69, 9.17) is 9.73 Å². The molecule has 0 amide bonds. The third-order valence-electron chi connectivity index (χ3n) is 5.54. The van der Waals surface area contributed by atoms with Crippen molar-refractivity contribution >= 4 is 21.8 Å². The molecule has 0 N–H and O–H groups in total. The van der Waals surface area contributed by atoms with Crippen molar-refractivity contribution in [3.8, 4) is 0 Å². The Morgan fingerprint density at radius 3 is 2.23 bits per heavy atom. The molecule has 0 radical (unpaired) electrons. The zero-order valence-corrected chi connectivity index (χ0v) is 17.4. The lowest BCUT2D eigenvalue weighted by Gasteiger charge is -2.21. The zero-order chi connectivity index (χ0) is 18.3. The number of benzene rings is 2.